The first-order valence-electron chi connectivity index (χ1n) is 7.77. The molecule has 0 bridgehead atoms. The van der Waals surface area contributed by atoms with Gasteiger partial charge in [0, 0.05) is 18.3 Å². The van der Waals surface area contributed by atoms with Gasteiger partial charge in [-0.2, -0.15) is 0 Å². The fourth-order valence-electron chi connectivity index (χ4n) is 2.18. The molecule has 2 N–H and O–H groups in total. The molecule has 2 aromatic rings. The molecule has 130 valence electrons. The summed E-state index contributed by atoms with van der Waals surface area (Å²) in [5.74, 6) is -1.21. The van der Waals surface area contributed by atoms with Crippen LogP contribution in [0.5, 0.6) is 0 Å². The van der Waals surface area contributed by atoms with Crippen LogP contribution in [-0.4, -0.2) is 24.4 Å². The molecule has 0 radical (unpaired) electrons. The maximum atomic E-state index is 12.0. The highest BCUT2D eigenvalue weighted by Gasteiger charge is 2.11. The van der Waals surface area contributed by atoms with Crippen molar-refractivity contribution in [3.63, 3.8) is 0 Å². The number of hydrogen-bond acceptors (Lipinski definition) is 4. The van der Waals surface area contributed by atoms with Crippen LogP contribution in [0.25, 0.3) is 0 Å². The Balaban J connectivity index is 1.89. The number of amides is 2. The Hall–Kier alpha value is -3.15. The Morgan fingerprint density at radius 3 is 2.28 bits per heavy atom. The van der Waals surface area contributed by atoms with E-state index in [-0.39, 0.29) is 12.5 Å². The number of rotatable bonds is 5. The van der Waals surface area contributed by atoms with E-state index in [1.165, 1.54) is 19.1 Å². The first-order chi connectivity index (χ1) is 11.9. The van der Waals surface area contributed by atoms with Crippen LogP contribution in [0.15, 0.2) is 42.5 Å². The summed E-state index contributed by atoms with van der Waals surface area (Å²) in [6, 6.07) is 11.8. The van der Waals surface area contributed by atoms with Crippen LogP contribution in [0.3, 0.4) is 0 Å². The van der Waals surface area contributed by atoms with E-state index in [4.69, 9.17) is 4.74 Å². The van der Waals surface area contributed by atoms with Gasteiger partial charge in [0.2, 0.25) is 5.91 Å². The van der Waals surface area contributed by atoms with Crippen LogP contribution in [0, 0.1) is 13.8 Å². The highest BCUT2D eigenvalue weighted by Crippen LogP contribution is 2.17. The molecule has 0 unspecified atom stereocenters. The zero-order chi connectivity index (χ0) is 18.4. The minimum atomic E-state index is -0.606. The molecule has 0 atom stereocenters. The third-order valence-electron chi connectivity index (χ3n) is 3.65. The van der Waals surface area contributed by atoms with Gasteiger partial charge in [-0.05, 0) is 55.3 Å². The number of nitrogens with one attached hydrogen (secondary N) is 2. The van der Waals surface area contributed by atoms with Crippen LogP contribution >= 0.6 is 0 Å². The fraction of sp³-hybridized carbons (Fsp3) is 0.211. The van der Waals surface area contributed by atoms with Crippen molar-refractivity contribution in [2.45, 2.75) is 20.8 Å². The minimum Gasteiger partial charge on any atom is -0.452 e. The molecule has 0 aliphatic heterocycles. The number of carbonyl (C=O) groups is 3. The summed E-state index contributed by atoms with van der Waals surface area (Å²) in [7, 11) is 0. The lowest BCUT2D eigenvalue weighted by Crippen LogP contribution is -2.21. The minimum absolute atomic E-state index is 0.196. The molecule has 0 fully saturated rings. The summed E-state index contributed by atoms with van der Waals surface area (Å²) in [5, 5.41) is 5.33. The molecule has 25 heavy (non-hydrogen) atoms. The van der Waals surface area contributed by atoms with E-state index >= 15 is 0 Å². The Labute approximate surface area is 146 Å². The second kappa shape index (κ2) is 8.10. The molecule has 6 nitrogen and oxygen atoms in total. The predicted octanol–water partition coefficient (Wildman–Crippen LogP) is 3.06. The van der Waals surface area contributed by atoms with E-state index in [1.54, 1.807) is 18.2 Å². The van der Waals surface area contributed by atoms with Crippen molar-refractivity contribution in [2.75, 3.05) is 17.2 Å². The van der Waals surface area contributed by atoms with E-state index in [9.17, 15) is 14.4 Å². The van der Waals surface area contributed by atoms with E-state index in [2.05, 4.69) is 10.6 Å². The zero-order valence-corrected chi connectivity index (χ0v) is 14.4. The van der Waals surface area contributed by atoms with Crippen molar-refractivity contribution in [2.24, 2.45) is 0 Å². The van der Waals surface area contributed by atoms with Crippen LogP contribution < -0.4 is 10.6 Å². The number of esters is 1. The number of aryl methyl sites for hydroxylation is 1. The highest BCUT2D eigenvalue weighted by molar-refractivity contribution is 5.96. The maximum absolute atomic E-state index is 12.0. The summed E-state index contributed by atoms with van der Waals surface area (Å²) in [4.78, 5) is 34.9. The Kier molecular flexibility index (Phi) is 5.89. The molecular weight excluding hydrogens is 320 g/mol. The topological polar surface area (TPSA) is 84.5 Å². The van der Waals surface area contributed by atoms with E-state index in [1.807, 2.05) is 26.0 Å². The van der Waals surface area contributed by atoms with Gasteiger partial charge in [-0.15, -0.1) is 0 Å². The summed E-state index contributed by atoms with van der Waals surface area (Å²) in [6.07, 6.45) is 0. The Bertz CT molecular complexity index is 798. The van der Waals surface area contributed by atoms with Gasteiger partial charge in [0.1, 0.15) is 0 Å². The molecule has 0 spiro atoms. The van der Waals surface area contributed by atoms with Crippen LogP contribution in [0.2, 0.25) is 0 Å². The highest BCUT2D eigenvalue weighted by atomic mass is 16.5. The van der Waals surface area contributed by atoms with Crippen LogP contribution in [0.4, 0.5) is 11.4 Å². The molecule has 0 heterocycles. The van der Waals surface area contributed by atoms with Crippen molar-refractivity contribution in [3.8, 4) is 0 Å². The first kappa shape index (κ1) is 18.2. The summed E-state index contributed by atoms with van der Waals surface area (Å²) < 4.78 is 5.01. The Morgan fingerprint density at radius 2 is 1.64 bits per heavy atom. The van der Waals surface area contributed by atoms with Crippen molar-refractivity contribution < 1.29 is 19.1 Å². The van der Waals surface area contributed by atoms with Gasteiger partial charge >= 0.3 is 5.97 Å². The predicted molar refractivity (Wildman–Crippen MR) is 95.6 cm³/mol. The van der Waals surface area contributed by atoms with E-state index in [0.717, 1.165) is 11.1 Å². The van der Waals surface area contributed by atoms with Gasteiger partial charge in [0.25, 0.3) is 5.91 Å². The third kappa shape index (κ3) is 5.17. The number of anilines is 2. The lowest BCUT2D eigenvalue weighted by molar-refractivity contribution is -0.119. The van der Waals surface area contributed by atoms with Crippen LogP contribution in [-0.2, 0) is 14.3 Å². The molecule has 0 saturated carbocycles. The third-order valence-corrected chi connectivity index (χ3v) is 3.65. The SMILES string of the molecule is CC(=O)Nc1ccc(C(=O)OCC(=O)Nc2cccc(C)c2C)cc1. The van der Waals surface area contributed by atoms with Crippen molar-refractivity contribution >= 4 is 29.2 Å². The van der Waals surface area contributed by atoms with Gasteiger partial charge < -0.3 is 15.4 Å². The lowest BCUT2D eigenvalue weighted by atomic mass is 10.1. The molecule has 2 amide bonds. The molecule has 0 aliphatic carbocycles. The second-order valence-electron chi connectivity index (χ2n) is 5.63. The molecule has 2 rings (SSSR count). The van der Waals surface area contributed by atoms with Gasteiger partial charge in [-0.3, -0.25) is 9.59 Å². The molecule has 6 heteroatoms. The number of carbonyl (C=O) groups excluding carboxylic acids is 3. The standard InChI is InChI=1S/C19H20N2O4/c1-12-5-4-6-17(13(12)2)21-18(23)11-25-19(24)15-7-9-16(10-8-15)20-14(3)22/h4-10H,11H2,1-3H3,(H,20,22)(H,21,23). The van der Waals surface area contributed by atoms with E-state index in [0.29, 0.717) is 16.9 Å². The maximum Gasteiger partial charge on any atom is 0.338 e. The average Bonchev–Trinajstić information content (AvgIpc) is 2.57. The summed E-state index contributed by atoms with van der Waals surface area (Å²) in [6.45, 7) is 4.89. The lowest BCUT2D eigenvalue weighted by Gasteiger charge is -2.10. The number of ether oxygens (including phenoxy) is 1. The van der Waals surface area contributed by atoms with Gasteiger partial charge in [-0.1, -0.05) is 12.1 Å². The van der Waals surface area contributed by atoms with Crippen molar-refractivity contribution in [3.05, 3.63) is 59.2 Å². The van der Waals surface area contributed by atoms with Gasteiger partial charge in [0.15, 0.2) is 6.61 Å². The van der Waals surface area contributed by atoms with Crippen LogP contribution in [0.1, 0.15) is 28.4 Å². The van der Waals surface area contributed by atoms with Crippen molar-refractivity contribution in [1.82, 2.24) is 0 Å². The summed E-state index contributed by atoms with van der Waals surface area (Å²) in [5.41, 5.74) is 3.61. The second-order valence-corrected chi connectivity index (χ2v) is 5.63. The first-order valence-corrected chi connectivity index (χ1v) is 7.77. The Morgan fingerprint density at radius 1 is 0.960 bits per heavy atom. The monoisotopic (exact) mass is 340 g/mol. The normalized spacial score (nSPS) is 10.0. The molecule has 0 aliphatic rings. The van der Waals surface area contributed by atoms with Gasteiger partial charge in [-0.25, -0.2) is 4.79 Å². The molecule has 0 aromatic heterocycles. The molecule has 2 aromatic carbocycles. The number of hydrogen-bond donors (Lipinski definition) is 2. The summed E-state index contributed by atoms with van der Waals surface area (Å²) >= 11 is 0. The van der Waals surface area contributed by atoms with Gasteiger partial charge in [0.05, 0.1) is 5.56 Å². The smallest absolute Gasteiger partial charge is 0.338 e. The molecular formula is C19H20N2O4. The van der Waals surface area contributed by atoms with E-state index < -0.39 is 11.9 Å². The average molecular weight is 340 g/mol. The largest absolute Gasteiger partial charge is 0.452 e. The fourth-order valence-corrected chi connectivity index (χ4v) is 2.18. The number of benzene rings is 2. The zero-order valence-electron chi connectivity index (χ0n) is 14.4. The molecule has 0 saturated heterocycles. The quantitative estimate of drug-likeness (QED) is 0.819. The van der Waals surface area contributed by atoms with Crippen molar-refractivity contribution in [1.29, 1.82) is 0 Å².